The van der Waals surface area contributed by atoms with Crippen LogP contribution in [0, 0.1) is 0 Å². The Morgan fingerprint density at radius 3 is 2.73 bits per heavy atom. The SMILES string of the molecule is CC(C)(C)c1cc(C(=O)N/N=C/c2cccc(Cl)c2Cl)n[nH]1. The van der Waals surface area contributed by atoms with Crippen LogP contribution in [0.2, 0.25) is 10.0 Å². The lowest BCUT2D eigenvalue weighted by atomic mass is 9.92. The first-order valence-corrected chi connectivity index (χ1v) is 7.38. The maximum atomic E-state index is 12.0. The summed E-state index contributed by atoms with van der Waals surface area (Å²) >= 11 is 11.9. The minimum atomic E-state index is -0.402. The number of aromatic amines is 1. The fourth-order valence-electron chi connectivity index (χ4n) is 1.66. The Morgan fingerprint density at radius 2 is 2.09 bits per heavy atom. The van der Waals surface area contributed by atoms with Gasteiger partial charge in [0.05, 0.1) is 16.3 Å². The minimum absolute atomic E-state index is 0.108. The molecule has 0 aliphatic carbocycles. The maximum absolute atomic E-state index is 12.0. The zero-order valence-electron chi connectivity index (χ0n) is 12.4. The van der Waals surface area contributed by atoms with Gasteiger partial charge in [0.25, 0.3) is 5.91 Å². The van der Waals surface area contributed by atoms with Gasteiger partial charge in [-0.3, -0.25) is 9.89 Å². The Morgan fingerprint density at radius 1 is 1.36 bits per heavy atom. The molecule has 0 aliphatic heterocycles. The number of nitrogens with zero attached hydrogens (tertiary/aromatic N) is 2. The number of nitrogens with one attached hydrogen (secondary N) is 2. The third-order valence-electron chi connectivity index (χ3n) is 2.97. The summed E-state index contributed by atoms with van der Waals surface area (Å²) in [6.07, 6.45) is 1.43. The number of benzene rings is 1. The van der Waals surface area contributed by atoms with Gasteiger partial charge in [0, 0.05) is 16.7 Å². The van der Waals surface area contributed by atoms with E-state index < -0.39 is 5.91 Å². The minimum Gasteiger partial charge on any atom is -0.281 e. The van der Waals surface area contributed by atoms with E-state index in [0.29, 0.717) is 15.6 Å². The Hall–Kier alpha value is -1.85. The van der Waals surface area contributed by atoms with Crippen molar-refractivity contribution in [2.24, 2.45) is 5.10 Å². The van der Waals surface area contributed by atoms with Gasteiger partial charge in [0.1, 0.15) is 0 Å². The number of carbonyl (C=O) groups excluding carboxylic acids is 1. The van der Waals surface area contributed by atoms with Crippen molar-refractivity contribution in [3.63, 3.8) is 0 Å². The van der Waals surface area contributed by atoms with E-state index in [-0.39, 0.29) is 11.1 Å². The third-order valence-corrected chi connectivity index (χ3v) is 3.80. The Balaban J connectivity index is 2.05. The summed E-state index contributed by atoms with van der Waals surface area (Å²) in [4.78, 5) is 12.0. The molecule has 1 aromatic carbocycles. The van der Waals surface area contributed by atoms with Crippen molar-refractivity contribution in [1.82, 2.24) is 15.6 Å². The van der Waals surface area contributed by atoms with E-state index in [1.165, 1.54) is 6.21 Å². The van der Waals surface area contributed by atoms with Crippen molar-refractivity contribution in [3.05, 3.63) is 51.3 Å². The highest BCUT2D eigenvalue weighted by atomic mass is 35.5. The van der Waals surface area contributed by atoms with Crippen LogP contribution in [0.3, 0.4) is 0 Å². The molecule has 22 heavy (non-hydrogen) atoms. The molecule has 0 saturated carbocycles. The van der Waals surface area contributed by atoms with Crippen LogP contribution in [0.5, 0.6) is 0 Å². The average Bonchev–Trinajstić information content (AvgIpc) is 2.93. The molecule has 0 spiro atoms. The summed E-state index contributed by atoms with van der Waals surface area (Å²) in [6.45, 7) is 6.09. The summed E-state index contributed by atoms with van der Waals surface area (Å²) in [5.74, 6) is -0.402. The second-order valence-electron chi connectivity index (χ2n) is 5.76. The molecule has 0 saturated heterocycles. The molecule has 0 radical (unpaired) electrons. The van der Waals surface area contributed by atoms with Crippen LogP contribution in [0.1, 0.15) is 42.5 Å². The molecular weight excluding hydrogens is 323 g/mol. The predicted molar refractivity (Wildman–Crippen MR) is 88.8 cm³/mol. The van der Waals surface area contributed by atoms with E-state index in [1.807, 2.05) is 20.8 Å². The van der Waals surface area contributed by atoms with Gasteiger partial charge in [-0.15, -0.1) is 0 Å². The number of H-pyrrole nitrogens is 1. The summed E-state index contributed by atoms with van der Waals surface area (Å²) in [6, 6.07) is 6.88. The van der Waals surface area contributed by atoms with Crippen molar-refractivity contribution in [2.45, 2.75) is 26.2 Å². The molecule has 0 aliphatic rings. The van der Waals surface area contributed by atoms with Crippen LogP contribution in [0.4, 0.5) is 0 Å². The fraction of sp³-hybridized carbons (Fsp3) is 0.267. The lowest BCUT2D eigenvalue weighted by molar-refractivity contribution is 0.0950. The van der Waals surface area contributed by atoms with Crippen molar-refractivity contribution in [1.29, 1.82) is 0 Å². The molecule has 2 rings (SSSR count). The molecule has 2 aromatic rings. The molecule has 2 N–H and O–H groups in total. The number of amides is 1. The highest BCUT2D eigenvalue weighted by Crippen LogP contribution is 2.24. The Labute approximate surface area is 138 Å². The standard InChI is InChI=1S/C15H16Cl2N4O/c1-15(2,3)12-7-11(19-20-12)14(22)21-18-8-9-5-4-6-10(16)13(9)17/h4-8H,1-3H3,(H,19,20)(H,21,22)/b18-8+. The molecule has 0 atom stereocenters. The summed E-state index contributed by atoms with van der Waals surface area (Å²) in [5.41, 5.74) is 4.07. The second kappa shape index (κ2) is 6.50. The third kappa shape index (κ3) is 3.87. The van der Waals surface area contributed by atoms with Crippen molar-refractivity contribution >= 4 is 35.3 Å². The number of hydrazone groups is 1. The molecule has 7 heteroatoms. The predicted octanol–water partition coefficient (Wildman–Crippen LogP) is 3.78. The number of rotatable bonds is 3. The number of aromatic nitrogens is 2. The first-order chi connectivity index (χ1) is 10.3. The highest BCUT2D eigenvalue weighted by molar-refractivity contribution is 6.43. The largest absolute Gasteiger partial charge is 0.291 e. The van der Waals surface area contributed by atoms with Crippen LogP contribution in [0.25, 0.3) is 0 Å². The van der Waals surface area contributed by atoms with Crippen LogP contribution < -0.4 is 5.43 Å². The summed E-state index contributed by atoms with van der Waals surface area (Å²) < 4.78 is 0. The lowest BCUT2D eigenvalue weighted by Crippen LogP contribution is -2.18. The van der Waals surface area contributed by atoms with E-state index >= 15 is 0 Å². The summed E-state index contributed by atoms with van der Waals surface area (Å²) in [7, 11) is 0. The molecule has 0 unspecified atom stereocenters. The maximum Gasteiger partial charge on any atom is 0.291 e. The molecule has 5 nitrogen and oxygen atoms in total. The first kappa shape index (κ1) is 16.5. The fourth-order valence-corrected chi connectivity index (χ4v) is 2.02. The first-order valence-electron chi connectivity index (χ1n) is 6.62. The zero-order chi connectivity index (χ0) is 16.3. The van der Waals surface area contributed by atoms with Gasteiger partial charge in [0.15, 0.2) is 5.69 Å². The monoisotopic (exact) mass is 338 g/mol. The number of carbonyl (C=O) groups is 1. The van der Waals surface area contributed by atoms with Gasteiger partial charge in [-0.25, -0.2) is 5.43 Å². The van der Waals surface area contributed by atoms with Gasteiger partial charge in [-0.05, 0) is 12.1 Å². The molecule has 1 aromatic heterocycles. The number of hydrogen-bond donors (Lipinski definition) is 2. The van der Waals surface area contributed by atoms with Crippen LogP contribution in [0.15, 0.2) is 29.4 Å². The quantitative estimate of drug-likeness (QED) is 0.660. The van der Waals surface area contributed by atoms with Crippen molar-refractivity contribution in [3.8, 4) is 0 Å². The highest BCUT2D eigenvalue weighted by Gasteiger charge is 2.19. The smallest absolute Gasteiger partial charge is 0.281 e. The van der Waals surface area contributed by atoms with E-state index in [1.54, 1.807) is 24.3 Å². The molecule has 0 bridgehead atoms. The molecule has 0 fully saturated rings. The Kier molecular flexibility index (Phi) is 4.88. The average molecular weight is 339 g/mol. The van der Waals surface area contributed by atoms with Gasteiger partial charge in [0.2, 0.25) is 0 Å². The molecule has 116 valence electrons. The normalized spacial score (nSPS) is 11.9. The van der Waals surface area contributed by atoms with E-state index in [9.17, 15) is 4.79 Å². The molecular formula is C15H16Cl2N4O. The topological polar surface area (TPSA) is 70.1 Å². The van der Waals surface area contributed by atoms with Crippen molar-refractivity contribution < 1.29 is 4.79 Å². The summed E-state index contributed by atoms with van der Waals surface area (Å²) in [5, 5.41) is 11.5. The van der Waals surface area contributed by atoms with Crippen LogP contribution in [-0.2, 0) is 5.41 Å². The van der Waals surface area contributed by atoms with Gasteiger partial charge in [-0.1, -0.05) is 56.1 Å². The van der Waals surface area contributed by atoms with Crippen LogP contribution >= 0.6 is 23.2 Å². The van der Waals surface area contributed by atoms with Crippen molar-refractivity contribution in [2.75, 3.05) is 0 Å². The van der Waals surface area contributed by atoms with Gasteiger partial charge < -0.3 is 0 Å². The van der Waals surface area contributed by atoms with Gasteiger partial charge in [-0.2, -0.15) is 10.2 Å². The number of halogens is 2. The second-order valence-corrected chi connectivity index (χ2v) is 6.54. The van der Waals surface area contributed by atoms with E-state index in [2.05, 4.69) is 20.7 Å². The van der Waals surface area contributed by atoms with Gasteiger partial charge >= 0.3 is 0 Å². The number of hydrogen-bond acceptors (Lipinski definition) is 3. The zero-order valence-corrected chi connectivity index (χ0v) is 14.0. The molecule has 1 amide bonds. The van der Waals surface area contributed by atoms with Crippen LogP contribution in [-0.4, -0.2) is 22.3 Å². The lowest BCUT2D eigenvalue weighted by Gasteiger charge is -2.14. The Bertz CT molecular complexity index is 717. The van der Waals surface area contributed by atoms with E-state index in [0.717, 1.165) is 5.69 Å². The van der Waals surface area contributed by atoms with E-state index in [4.69, 9.17) is 23.2 Å². The molecule has 1 heterocycles.